The largest absolute Gasteiger partial charge is 4.00 e. The predicted octanol–water partition coefficient (Wildman–Crippen LogP) is 4.78. The van der Waals surface area contributed by atoms with Crippen molar-refractivity contribution in [3.05, 3.63) is 45.8 Å². The van der Waals surface area contributed by atoms with Crippen molar-refractivity contribution in [2.24, 2.45) is 0 Å². The minimum atomic E-state index is 0. The summed E-state index contributed by atoms with van der Waals surface area (Å²) >= 11 is 0. The van der Waals surface area contributed by atoms with Gasteiger partial charge in [0.05, 0.1) is 0 Å². The molecule has 0 spiro atoms. The summed E-state index contributed by atoms with van der Waals surface area (Å²) in [5.41, 5.74) is 1.47. The van der Waals surface area contributed by atoms with Gasteiger partial charge in [-0.25, -0.2) is 12.1 Å². The first kappa shape index (κ1) is 27.3. The minimum absolute atomic E-state index is 0. The van der Waals surface area contributed by atoms with Gasteiger partial charge in [-0.15, -0.1) is 0 Å². The Balaban J connectivity index is -0.0000000956. The molecule has 0 fully saturated rings. The number of nitrogens with zero attached hydrogens (tertiary/aromatic N) is 3. The maximum absolute atomic E-state index is 3.50. The first-order valence-corrected chi connectivity index (χ1v) is 6.24. The van der Waals surface area contributed by atoms with Crippen molar-refractivity contribution in [1.29, 1.82) is 0 Å². The molecular formula is C15H31N3Ti. The number of hydrogen-bond donors (Lipinski definition) is 0. The van der Waals surface area contributed by atoms with Crippen LogP contribution in [0.4, 0.5) is 0 Å². The van der Waals surface area contributed by atoms with Crippen LogP contribution in [0.2, 0.25) is 0 Å². The Hall–Kier alpha value is -0.0557. The van der Waals surface area contributed by atoms with E-state index < -0.39 is 0 Å². The molecule has 1 unspecified atom stereocenters. The summed E-state index contributed by atoms with van der Waals surface area (Å²) in [6.07, 6.45) is 1.24. The fourth-order valence-electron chi connectivity index (χ4n) is 0.953. The molecule has 0 bridgehead atoms. The molecule has 1 aromatic rings. The van der Waals surface area contributed by atoms with Crippen LogP contribution in [0.15, 0.2) is 24.3 Å². The Bertz CT molecular complexity index is 196. The van der Waals surface area contributed by atoms with E-state index in [0.717, 1.165) is 5.92 Å². The Morgan fingerprint density at radius 3 is 1.32 bits per heavy atom. The second kappa shape index (κ2) is 26.5. The SMILES string of the molecule is CCC(C)[c-]1cccc1.C[N-]C.C[N-]C.C[N-]C.[Ti+4]. The topological polar surface area (TPSA) is 42.3 Å². The molecule has 0 aliphatic rings. The number of hydrogen-bond acceptors (Lipinski definition) is 0. The summed E-state index contributed by atoms with van der Waals surface area (Å²) in [4.78, 5) is 0. The molecule has 4 heteroatoms. The zero-order chi connectivity index (χ0) is 14.8. The Morgan fingerprint density at radius 1 is 0.842 bits per heavy atom. The van der Waals surface area contributed by atoms with Gasteiger partial charge >= 0.3 is 21.7 Å². The molecule has 0 aliphatic heterocycles. The first-order valence-electron chi connectivity index (χ1n) is 6.24. The van der Waals surface area contributed by atoms with E-state index in [9.17, 15) is 0 Å². The maximum Gasteiger partial charge on any atom is 4.00 e. The van der Waals surface area contributed by atoms with Gasteiger partial charge in [-0.2, -0.15) is 60.0 Å². The first-order chi connectivity index (χ1) is 8.59. The molecule has 0 amide bonds. The van der Waals surface area contributed by atoms with E-state index in [4.69, 9.17) is 0 Å². The third-order valence-corrected chi connectivity index (χ3v) is 1.87. The van der Waals surface area contributed by atoms with Crippen LogP contribution in [0, 0.1) is 0 Å². The fraction of sp³-hybridized carbons (Fsp3) is 0.667. The third-order valence-electron chi connectivity index (χ3n) is 1.87. The van der Waals surface area contributed by atoms with Gasteiger partial charge in [-0.3, -0.25) is 0 Å². The number of rotatable bonds is 2. The van der Waals surface area contributed by atoms with Crippen molar-refractivity contribution >= 4 is 0 Å². The Morgan fingerprint density at radius 2 is 1.11 bits per heavy atom. The molecule has 0 aliphatic carbocycles. The normalized spacial score (nSPS) is 9.26. The van der Waals surface area contributed by atoms with Crippen LogP contribution in [0.3, 0.4) is 0 Å². The average molecular weight is 301 g/mol. The van der Waals surface area contributed by atoms with Crippen LogP contribution in [0.5, 0.6) is 0 Å². The van der Waals surface area contributed by atoms with Crippen molar-refractivity contribution in [2.75, 3.05) is 42.3 Å². The molecule has 0 radical (unpaired) electrons. The van der Waals surface area contributed by atoms with Gasteiger partial charge in [-0.05, 0) is 0 Å². The van der Waals surface area contributed by atoms with Crippen LogP contribution in [-0.2, 0) is 21.7 Å². The zero-order valence-corrected chi connectivity index (χ0v) is 15.5. The molecule has 110 valence electrons. The van der Waals surface area contributed by atoms with Crippen LogP contribution in [-0.4, -0.2) is 42.3 Å². The second-order valence-corrected chi connectivity index (χ2v) is 3.87. The summed E-state index contributed by atoms with van der Waals surface area (Å²) < 4.78 is 0. The molecular weight excluding hydrogens is 270 g/mol. The van der Waals surface area contributed by atoms with Gasteiger partial charge in [0.25, 0.3) is 0 Å². The van der Waals surface area contributed by atoms with Crippen LogP contribution < -0.4 is 0 Å². The Kier molecular flexibility index (Phi) is 38.1. The molecule has 1 rings (SSSR count). The summed E-state index contributed by atoms with van der Waals surface area (Å²) in [7, 11) is 10.5. The molecule has 0 N–H and O–H groups in total. The molecule has 1 aromatic carbocycles. The molecule has 19 heavy (non-hydrogen) atoms. The Labute approximate surface area is 136 Å². The van der Waals surface area contributed by atoms with Crippen molar-refractivity contribution in [1.82, 2.24) is 0 Å². The predicted molar refractivity (Wildman–Crippen MR) is 86.4 cm³/mol. The van der Waals surface area contributed by atoms with Gasteiger partial charge in [0.2, 0.25) is 0 Å². The molecule has 0 heterocycles. The van der Waals surface area contributed by atoms with Crippen molar-refractivity contribution in [2.45, 2.75) is 26.2 Å². The third kappa shape index (κ3) is 27.2. The van der Waals surface area contributed by atoms with Gasteiger partial charge in [0.1, 0.15) is 0 Å². The van der Waals surface area contributed by atoms with Crippen molar-refractivity contribution in [3.63, 3.8) is 0 Å². The standard InChI is InChI=1S/C9H13.3C2H6N.Ti/c1-3-8(2)9-6-4-5-7-9;3*1-3-2;/h4-8H,3H2,1-2H3;3*1-2H3;/q4*-1;+4. The zero-order valence-electron chi connectivity index (χ0n) is 13.9. The molecule has 0 saturated carbocycles. The maximum atomic E-state index is 3.50. The second-order valence-electron chi connectivity index (χ2n) is 3.87. The van der Waals surface area contributed by atoms with E-state index in [2.05, 4.69) is 54.1 Å². The van der Waals surface area contributed by atoms with E-state index in [1.807, 2.05) is 0 Å². The molecule has 1 atom stereocenters. The molecule has 3 nitrogen and oxygen atoms in total. The van der Waals surface area contributed by atoms with Gasteiger partial charge in [0, 0.05) is 0 Å². The summed E-state index contributed by atoms with van der Waals surface area (Å²) in [5.74, 6) is 0.736. The van der Waals surface area contributed by atoms with Crippen molar-refractivity contribution in [3.8, 4) is 0 Å². The van der Waals surface area contributed by atoms with Crippen LogP contribution >= 0.6 is 0 Å². The van der Waals surface area contributed by atoms with E-state index in [0.29, 0.717) is 0 Å². The van der Waals surface area contributed by atoms with Gasteiger partial charge in [0.15, 0.2) is 0 Å². The monoisotopic (exact) mass is 301 g/mol. The van der Waals surface area contributed by atoms with E-state index in [1.54, 1.807) is 42.3 Å². The summed E-state index contributed by atoms with van der Waals surface area (Å²) in [5, 5.41) is 10.5. The molecule has 0 aromatic heterocycles. The smallest absolute Gasteiger partial charge is 0.668 e. The summed E-state index contributed by atoms with van der Waals surface area (Å²) in [6, 6.07) is 8.57. The molecule has 0 saturated heterocycles. The van der Waals surface area contributed by atoms with Crippen LogP contribution in [0.25, 0.3) is 16.0 Å². The van der Waals surface area contributed by atoms with E-state index >= 15 is 0 Å². The van der Waals surface area contributed by atoms with E-state index in [1.165, 1.54) is 12.0 Å². The quantitative estimate of drug-likeness (QED) is 0.557. The van der Waals surface area contributed by atoms with E-state index in [-0.39, 0.29) is 21.7 Å². The fourth-order valence-corrected chi connectivity index (χ4v) is 0.953. The van der Waals surface area contributed by atoms with Crippen LogP contribution in [0.1, 0.15) is 31.7 Å². The van der Waals surface area contributed by atoms with Gasteiger partial charge < -0.3 is 16.0 Å². The van der Waals surface area contributed by atoms with Crippen molar-refractivity contribution < 1.29 is 21.7 Å². The average Bonchev–Trinajstić information content (AvgIpc) is 2.85. The van der Waals surface area contributed by atoms with Gasteiger partial charge in [-0.1, -0.05) is 26.2 Å². The minimum Gasteiger partial charge on any atom is -0.668 e. The summed E-state index contributed by atoms with van der Waals surface area (Å²) in [6.45, 7) is 4.48.